The fourth-order valence-electron chi connectivity index (χ4n) is 5.19. The molecule has 2 aromatic carbocycles. The molecule has 0 radical (unpaired) electrons. The molecule has 1 amide bonds. The predicted octanol–water partition coefficient (Wildman–Crippen LogP) is 3.07. The minimum Gasteiger partial charge on any atom is -0.491 e. The van der Waals surface area contributed by atoms with E-state index in [1.165, 1.54) is 10.4 Å². The van der Waals surface area contributed by atoms with Gasteiger partial charge in [0.2, 0.25) is 10.0 Å². The van der Waals surface area contributed by atoms with E-state index in [0.29, 0.717) is 28.5 Å². The highest BCUT2D eigenvalue weighted by Gasteiger charge is 2.37. The number of hydrogen-bond acceptors (Lipinski definition) is 7. The molecule has 5 rings (SSSR count). The average Bonchev–Trinajstić information content (AvgIpc) is 3.51. The van der Waals surface area contributed by atoms with E-state index >= 15 is 0 Å². The molecule has 1 aromatic heterocycles. The highest BCUT2D eigenvalue weighted by molar-refractivity contribution is 7.89. The quantitative estimate of drug-likeness (QED) is 0.313. The van der Waals surface area contributed by atoms with Gasteiger partial charge in [-0.05, 0) is 37.1 Å². The standard InChI is InChI=1S/C26H32ClN5O5S/c27-17-12-20-22(21(13-17)30-16-26(29)8-4-5-9-26)31-23(25(28)33)24(20)38(34,35)32-10-11-36-19(14-32)15-37-18-6-2-1-3-7-18/h1-3,6-7,12-13,19,30-31H,4-5,8-11,14-16,29H2,(H2,28,33). The van der Waals surface area contributed by atoms with Crippen LogP contribution >= 0.6 is 11.6 Å². The zero-order valence-electron chi connectivity index (χ0n) is 20.9. The van der Waals surface area contributed by atoms with E-state index in [0.717, 1.165) is 25.7 Å². The number of aromatic amines is 1. The summed E-state index contributed by atoms with van der Waals surface area (Å²) in [6, 6.07) is 12.4. The summed E-state index contributed by atoms with van der Waals surface area (Å²) in [5.74, 6) is -0.222. The van der Waals surface area contributed by atoms with Crippen molar-refractivity contribution in [2.75, 3.05) is 38.2 Å². The van der Waals surface area contributed by atoms with Crippen molar-refractivity contribution in [2.45, 2.75) is 42.2 Å². The molecular formula is C26H32ClN5O5S. The van der Waals surface area contributed by atoms with Gasteiger partial charge < -0.3 is 31.2 Å². The van der Waals surface area contributed by atoms with Gasteiger partial charge in [-0.15, -0.1) is 0 Å². The Hall–Kier alpha value is -2.83. The second-order valence-corrected chi connectivity index (χ2v) is 12.3. The van der Waals surface area contributed by atoms with Crippen LogP contribution in [0.4, 0.5) is 5.69 Å². The Kier molecular flexibility index (Phi) is 7.56. The second kappa shape index (κ2) is 10.7. The number of carbonyl (C=O) groups is 1. The van der Waals surface area contributed by atoms with Crippen LogP contribution in [-0.2, 0) is 14.8 Å². The van der Waals surface area contributed by atoms with Gasteiger partial charge in [-0.1, -0.05) is 42.6 Å². The van der Waals surface area contributed by atoms with Gasteiger partial charge in [0.1, 0.15) is 29.0 Å². The minimum absolute atomic E-state index is 0.0570. The zero-order valence-corrected chi connectivity index (χ0v) is 22.5. The number of primary amides is 1. The molecule has 2 heterocycles. The molecule has 38 heavy (non-hydrogen) atoms. The van der Waals surface area contributed by atoms with E-state index in [1.54, 1.807) is 6.07 Å². The number of amides is 1. The first-order valence-corrected chi connectivity index (χ1v) is 14.5. The van der Waals surface area contributed by atoms with Gasteiger partial charge >= 0.3 is 0 Å². The van der Waals surface area contributed by atoms with Crippen LogP contribution in [-0.4, -0.2) is 68.1 Å². The van der Waals surface area contributed by atoms with Crippen molar-refractivity contribution in [3.8, 4) is 5.75 Å². The molecule has 204 valence electrons. The van der Waals surface area contributed by atoms with Crippen molar-refractivity contribution in [1.29, 1.82) is 0 Å². The number of benzene rings is 2. The molecular weight excluding hydrogens is 530 g/mol. The number of morpholine rings is 1. The number of carbonyl (C=O) groups excluding carboxylic acids is 1. The first-order chi connectivity index (χ1) is 18.2. The molecule has 10 nitrogen and oxygen atoms in total. The summed E-state index contributed by atoms with van der Waals surface area (Å²) in [4.78, 5) is 15.2. The van der Waals surface area contributed by atoms with Crippen molar-refractivity contribution >= 4 is 44.1 Å². The summed E-state index contributed by atoms with van der Waals surface area (Å²) >= 11 is 6.43. The van der Waals surface area contributed by atoms with E-state index in [2.05, 4.69) is 10.3 Å². The van der Waals surface area contributed by atoms with Crippen LogP contribution in [0, 0.1) is 0 Å². The topological polar surface area (TPSA) is 153 Å². The van der Waals surface area contributed by atoms with Gasteiger partial charge in [0.25, 0.3) is 5.91 Å². The third-order valence-corrected chi connectivity index (χ3v) is 9.35. The Balaban J connectivity index is 1.45. The molecule has 6 N–H and O–H groups in total. The SMILES string of the molecule is NC(=O)c1[nH]c2c(NCC3(N)CCCC3)cc(Cl)cc2c1S(=O)(=O)N1CCOC(COc2ccccc2)C1. The summed E-state index contributed by atoms with van der Waals surface area (Å²) in [6.45, 7) is 1.02. The number of halogens is 1. The molecule has 2 aliphatic rings. The highest BCUT2D eigenvalue weighted by Crippen LogP contribution is 2.37. The van der Waals surface area contributed by atoms with Crippen molar-refractivity contribution in [2.24, 2.45) is 11.5 Å². The summed E-state index contributed by atoms with van der Waals surface area (Å²) < 4.78 is 40.8. The first kappa shape index (κ1) is 26.8. The number of para-hydroxylation sites is 1. The molecule has 1 aliphatic carbocycles. The zero-order chi connectivity index (χ0) is 26.9. The van der Waals surface area contributed by atoms with Gasteiger partial charge in [-0.3, -0.25) is 4.79 Å². The fraction of sp³-hybridized carbons (Fsp3) is 0.423. The number of anilines is 1. The van der Waals surface area contributed by atoms with Crippen LogP contribution in [0.1, 0.15) is 36.2 Å². The molecule has 0 spiro atoms. The van der Waals surface area contributed by atoms with Crippen LogP contribution in [0.3, 0.4) is 0 Å². The summed E-state index contributed by atoms with van der Waals surface area (Å²) in [5.41, 5.74) is 12.6. The summed E-state index contributed by atoms with van der Waals surface area (Å²) in [6.07, 6.45) is 3.43. The number of aromatic nitrogens is 1. The normalized spacial score (nSPS) is 20.0. The van der Waals surface area contributed by atoms with Gasteiger partial charge in [-0.25, -0.2) is 8.42 Å². The minimum atomic E-state index is -4.16. The molecule has 3 aromatic rings. The summed E-state index contributed by atoms with van der Waals surface area (Å²) in [7, 11) is -4.16. The lowest BCUT2D eigenvalue weighted by atomic mass is 9.99. The van der Waals surface area contributed by atoms with Gasteiger partial charge in [0.05, 0.1) is 17.8 Å². The summed E-state index contributed by atoms with van der Waals surface area (Å²) in [5, 5.41) is 3.93. The van der Waals surface area contributed by atoms with Crippen molar-refractivity contribution in [3.63, 3.8) is 0 Å². The molecule has 1 unspecified atom stereocenters. The second-order valence-electron chi connectivity index (χ2n) is 9.97. The molecule has 1 aliphatic heterocycles. The Morgan fingerprint density at radius 3 is 2.68 bits per heavy atom. The number of rotatable bonds is 9. The maximum Gasteiger partial charge on any atom is 0.266 e. The number of fused-ring (bicyclic) bond motifs is 1. The maximum atomic E-state index is 14.0. The van der Waals surface area contributed by atoms with Crippen molar-refractivity contribution in [3.05, 3.63) is 53.2 Å². The van der Waals surface area contributed by atoms with E-state index in [9.17, 15) is 13.2 Å². The third-order valence-electron chi connectivity index (χ3n) is 7.18. The van der Waals surface area contributed by atoms with E-state index in [4.69, 9.17) is 32.5 Å². The number of nitrogens with zero attached hydrogens (tertiary/aromatic N) is 1. The Bertz CT molecular complexity index is 1420. The number of ether oxygens (including phenoxy) is 2. The van der Waals surface area contributed by atoms with Gasteiger partial charge in [0, 0.05) is 35.6 Å². The third kappa shape index (κ3) is 5.48. The lowest BCUT2D eigenvalue weighted by Gasteiger charge is -2.32. The van der Waals surface area contributed by atoms with E-state index < -0.39 is 22.0 Å². The van der Waals surface area contributed by atoms with Crippen molar-refractivity contribution in [1.82, 2.24) is 9.29 Å². The number of nitrogens with two attached hydrogens (primary N) is 2. The Morgan fingerprint density at radius 2 is 1.97 bits per heavy atom. The number of nitrogens with one attached hydrogen (secondary N) is 2. The number of H-pyrrole nitrogens is 1. The molecule has 0 bridgehead atoms. The maximum absolute atomic E-state index is 14.0. The van der Waals surface area contributed by atoms with Crippen molar-refractivity contribution < 1.29 is 22.7 Å². The molecule has 1 saturated carbocycles. The number of hydrogen-bond donors (Lipinski definition) is 4. The Morgan fingerprint density at radius 1 is 1.24 bits per heavy atom. The highest BCUT2D eigenvalue weighted by atomic mass is 35.5. The van der Waals surface area contributed by atoms with Gasteiger partial charge in [-0.2, -0.15) is 4.31 Å². The lowest BCUT2D eigenvalue weighted by molar-refractivity contribution is -0.0249. The monoisotopic (exact) mass is 561 g/mol. The van der Waals surface area contributed by atoms with Crippen LogP contribution in [0.2, 0.25) is 5.02 Å². The van der Waals surface area contributed by atoms with Crippen LogP contribution in [0.5, 0.6) is 5.75 Å². The lowest BCUT2D eigenvalue weighted by Crippen LogP contribution is -2.47. The molecule has 1 saturated heterocycles. The Labute approximate surface area is 226 Å². The van der Waals surface area contributed by atoms with Crippen LogP contribution < -0.4 is 21.5 Å². The average molecular weight is 562 g/mol. The van der Waals surface area contributed by atoms with Gasteiger partial charge in [0.15, 0.2) is 0 Å². The molecule has 1 atom stereocenters. The smallest absolute Gasteiger partial charge is 0.266 e. The fourth-order valence-corrected chi connectivity index (χ4v) is 7.19. The number of sulfonamides is 1. The largest absolute Gasteiger partial charge is 0.491 e. The van der Waals surface area contributed by atoms with Crippen LogP contribution in [0.15, 0.2) is 47.4 Å². The molecule has 2 fully saturated rings. The molecule has 12 heteroatoms. The van der Waals surface area contributed by atoms with E-state index in [1.807, 2.05) is 30.3 Å². The predicted molar refractivity (Wildman–Crippen MR) is 146 cm³/mol. The van der Waals surface area contributed by atoms with Crippen LogP contribution in [0.25, 0.3) is 10.9 Å². The van der Waals surface area contributed by atoms with E-state index in [-0.39, 0.29) is 47.8 Å². The first-order valence-electron chi connectivity index (χ1n) is 12.6.